The van der Waals surface area contributed by atoms with Gasteiger partial charge in [0.25, 0.3) is 0 Å². The van der Waals surface area contributed by atoms with Crippen molar-refractivity contribution >= 4 is 33.3 Å². The molecule has 2 heterocycles. The summed E-state index contributed by atoms with van der Waals surface area (Å²) >= 11 is 0. The zero-order chi connectivity index (χ0) is 24.3. The van der Waals surface area contributed by atoms with Crippen molar-refractivity contribution in [2.75, 3.05) is 16.8 Å². The monoisotopic (exact) mass is 478 g/mol. The van der Waals surface area contributed by atoms with Gasteiger partial charge in [0, 0.05) is 24.8 Å². The van der Waals surface area contributed by atoms with E-state index in [9.17, 15) is 18.0 Å². The molecule has 1 atom stereocenters. The quantitative estimate of drug-likeness (QED) is 0.543. The number of fused-ring (bicyclic) bond motifs is 1. The fourth-order valence-corrected chi connectivity index (χ4v) is 5.24. The summed E-state index contributed by atoms with van der Waals surface area (Å²) in [5.41, 5.74) is 3.05. The number of aromatic nitrogens is 1. The van der Waals surface area contributed by atoms with Crippen LogP contribution >= 0.6 is 0 Å². The van der Waals surface area contributed by atoms with E-state index in [0.717, 1.165) is 22.5 Å². The molecule has 8 nitrogen and oxygen atoms in total. The van der Waals surface area contributed by atoms with Crippen molar-refractivity contribution in [3.8, 4) is 0 Å². The number of hydrogen-bond acceptors (Lipinski definition) is 5. The van der Waals surface area contributed by atoms with Gasteiger partial charge >= 0.3 is 0 Å². The lowest BCUT2D eigenvalue weighted by Gasteiger charge is -2.19. The van der Waals surface area contributed by atoms with Crippen molar-refractivity contribution in [3.05, 3.63) is 83.6 Å². The van der Waals surface area contributed by atoms with Crippen LogP contribution in [-0.4, -0.2) is 37.8 Å². The highest BCUT2D eigenvalue weighted by Gasteiger charge is 2.29. The second-order valence-electron chi connectivity index (χ2n) is 8.23. The average Bonchev–Trinajstić information content (AvgIpc) is 3.23. The maximum Gasteiger partial charge on any atom is 0.244 e. The minimum Gasteiger partial charge on any atom is -0.312 e. The third kappa shape index (κ3) is 5.32. The first-order valence-electron chi connectivity index (χ1n) is 10.9. The van der Waals surface area contributed by atoms with E-state index in [1.54, 1.807) is 42.2 Å². The predicted molar refractivity (Wildman–Crippen MR) is 130 cm³/mol. The number of rotatable bonds is 7. The fraction of sp³-hybridized carbons (Fsp3) is 0.240. The number of aryl methyl sites for hydroxylation is 1. The van der Waals surface area contributed by atoms with Gasteiger partial charge in [0.2, 0.25) is 21.8 Å². The first-order valence-corrected chi connectivity index (χ1v) is 12.4. The molecule has 2 amide bonds. The van der Waals surface area contributed by atoms with Gasteiger partial charge in [0.05, 0.1) is 4.90 Å². The molecule has 0 spiro atoms. The van der Waals surface area contributed by atoms with E-state index in [1.165, 1.54) is 13.0 Å². The van der Waals surface area contributed by atoms with E-state index in [2.05, 4.69) is 15.0 Å². The van der Waals surface area contributed by atoms with Crippen LogP contribution in [0, 0.1) is 6.92 Å². The molecule has 2 aromatic carbocycles. The van der Waals surface area contributed by atoms with Crippen LogP contribution in [0.1, 0.15) is 23.7 Å². The Bertz CT molecular complexity index is 1330. The topological polar surface area (TPSA) is 108 Å². The molecule has 3 aromatic rings. The van der Waals surface area contributed by atoms with Gasteiger partial charge < -0.3 is 10.2 Å². The fourth-order valence-electron chi connectivity index (χ4n) is 3.99. The van der Waals surface area contributed by atoms with Gasteiger partial charge in [-0.05, 0) is 61.2 Å². The average molecular weight is 479 g/mol. The summed E-state index contributed by atoms with van der Waals surface area (Å²) in [6.07, 6.45) is 0.742. The van der Waals surface area contributed by atoms with Gasteiger partial charge in [0.15, 0.2) is 0 Å². The number of hydrogen-bond donors (Lipinski definition) is 2. The molecule has 1 aliphatic rings. The van der Waals surface area contributed by atoms with Crippen LogP contribution < -0.4 is 14.9 Å². The number of anilines is 2. The minimum absolute atomic E-state index is 0.0520. The van der Waals surface area contributed by atoms with E-state index in [0.29, 0.717) is 18.8 Å². The van der Waals surface area contributed by atoms with Crippen LogP contribution in [0.15, 0.2) is 71.6 Å². The molecule has 0 saturated carbocycles. The zero-order valence-electron chi connectivity index (χ0n) is 19.0. The Labute approximate surface area is 199 Å². The Kier molecular flexibility index (Phi) is 6.76. The molecule has 34 heavy (non-hydrogen) atoms. The summed E-state index contributed by atoms with van der Waals surface area (Å²) in [6, 6.07) is 18.0. The van der Waals surface area contributed by atoms with E-state index < -0.39 is 22.0 Å². The number of sulfonamides is 1. The van der Waals surface area contributed by atoms with Crippen molar-refractivity contribution in [1.82, 2.24) is 9.71 Å². The number of amides is 2. The SMILES string of the molecule is CC(=O)N1CCc2cc(S(=O)(=O)NC(Cc3ccccc3)C(=O)Nc3cccc(C)n3)ccc21. The summed E-state index contributed by atoms with van der Waals surface area (Å²) < 4.78 is 29.1. The molecule has 0 aliphatic carbocycles. The number of carbonyl (C=O) groups is 2. The highest BCUT2D eigenvalue weighted by atomic mass is 32.2. The lowest BCUT2D eigenvalue weighted by atomic mass is 10.1. The normalized spacial score (nSPS) is 13.9. The van der Waals surface area contributed by atoms with Gasteiger partial charge in [-0.2, -0.15) is 4.72 Å². The van der Waals surface area contributed by atoms with Crippen LogP contribution in [0.25, 0.3) is 0 Å². The van der Waals surface area contributed by atoms with Gasteiger partial charge in [0.1, 0.15) is 11.9 Å². The summed E-state index contributed by atoms with van der Waals surface area (Å²) in [5, 5.41) is 2.72. The molecule has 1 aliphatic heterocycles. The van der Waals surface area contributed by atoms with Crippen LogP contribution in [0.5, 0.6) is 0 Å². The Morgan fingerprint density at radius 3 is 2.53 bits per heavy atom. The third-order valence-electron chi connectivity index (χ3n) is 5.67. The highest BCUT2D eigenvalue weighted by Crippen LogP contribution is 2.30. The first-order chi connectivity index (χ1) is 16.2. The van der Waals surface area contributed by atoms with Crippen molar-refractivity contribution in [2.24, 2.45) is 0 Å². The lowest BCUT2D eigenvalue weighted by molar-refractivity contribution is -0.118. The zero-order valence-corrected chi connectivity index (χ0v) is 19.8. The van der Waals surface area contributed by atoms with E-state index in [4.69, 9.17) is 0 Å². The minimum atomic E-state index is -4.02. The number of pyridine rings is 1. The molecule has 2 N–H and O–H groups in total. The van der Waals surface area contributed by atoms with Gasteiger partial charge in [-0.15, -0.1) is 0 Å². The standard InChI is InChI=1S/C25H26N4O4S/c1-17-7-6-10-24(26-17)27-25(31)22(15-19-8-4-3-5-9-19)28-34(32,33)21-11-12-23-20(16-21)13-14-29(23)18(2)30/h3-12,16,22,28H,13-15H2,1-2H3,(H,26,27,31). The van der Waals surface area contributed by atoms with E-state index >= 15 is 0 Å². The number of nitrogens with one attached hydrogen (secondary N) is 2. The van der Waals surface area contributed by atoms with Gasteiger partial charge in [-0.1, -0.05) is 36.4 Å². The lowest BCUT2D eigenvalue weighted by Crippen LogP contribution is -2.45. The Morgan fingerprint density at radius 2 is 1.82 bits per heavy atom. The van der Waals surface area contributed by atoms with Crippen LogP contribution in [0.2, 0.25) is 0 Å². The van der Waals surface area contributed by atoms with E-state index in [1.807, 2.05) is 30.3 Å². The molecule has 1 unspecified atom stereocenters. The summed E-state index contributed by atoms with van der Waals surface area (Å²) in [7, 11) is -4.02. The Balaban J connectivity index is 1.60. The van der Waals surface area contributed by atoms with Crippen molar-refractivity contribution in [2.45, 2.75) is 37.6 Å². The summed E-state index contributed by atoms with van der Waals surface area (Å²) in [6.45, 7) is 3.81. The molecule has 4 rings (SSSR count). The molecule has 0 bridgehead atoms. The predicted octanol–water partition coefficient (Wildman–Crippen LogP) is 2.83. The van der Waals surface area contributed by atoms with Gasteiger partial charge in [-0.25, -0.2) is 13.4 Å². The van der Waals surface area contributed by atoms with Crippen LogP contribution in [0.4, 0.5) is 11.5 Å². The maximum absolute atomic E-state index is 13.3. The van der Waals surface area contributed by atoms with Crippen LogP contribution in [-0.2, 0) is 32.5 Å². The molecule has 0 saturated heterocycles. The second kappa shape index (κ2) is 9.74. The second-order valence-corrected chi connectivity index (χ2v) is 9.94. The highest BCUT2D eigenvalue weighted by molar-refractivity contribution is 7.89. The van der Waals surface area contributed by atoms with Crippen molar-refractivity contribution in [1.29, 1.82) is 0 Å². The molecular weight excluding hydrogens is 452 g/mol. The number of carbonyl (C=O) groups excluding carboxylic acids is 2. The summed E-state index contributed by atoms with van der Waals surface area (Å²) in [4.78, 5) is 30.9. The molecular formula is C25H26N4O4S. The Morgan fingerprint density at radius 1 is 1.06 bits per heavy atom. The number of nitrogens with zero attached hydrogens (tertiary/aromatic N) is 2. The number of benzene rings is 2. The molecule has 0 radical (unpaired) electrons. The summed E-state index contributed by atoms with van der Waals surface area (Å²) in [5.74, 6) is -0.240. The Hall–Kier alpha value is -3.56. The molecule has 0 fully saturated rings. The third-order valence-corrected chi connectivity index (χ3v) is 7.14. The van der Waals surface area contributed by atoms with E-state index in [-0.39, 0.29) is 17.2 Å². The smallest absolute Gasteiger partial charge is 0.244 e. The van der Waals surface area contributed by atoms with Crippen molar-refractivity contribution in [3.63, 3.8) is 0 Å². The maximum atomic E-state index is 13.3. The molecule has 1 aromatic heterocycles. The molecule has 9 heteroatoms. The largest absolute Gasteiger partial charge is 0.312 e. The molecule has 176 valence electrons. The first kappa shape index (κ1) is 23.6. The van der Waals surface area contributed by atoms with Crippen molar-refractivity contribution < 1.29 is 18.0 Å². The van der Waals surface area contributed by atoms with Crippen LogP contribution in [0.3, 0.4) is 0 Å². The van der Waals surface area contributed by atoms with Gasteiger partial charge in [-0.3, -0.25) is 9.59 Å².